The number of aliphatic hydroxyl groups is 1. The Labute approximate surface area is 116 Å². The fraction of sp³-hybridized carbons (Fsp3) is 0.467. The zero-order valence-corrected chi connectivity index (χ0v) is 11.3. The molecule has 1 amide bonds. The average Bonchev–Trinajstić information content (AvgIpc) is 2.84. The van der Waals surface area contributed by atoms with Crippen LogP contribution >= 0.6 is 0 Å². The Morgan fingerprint density at radius 3 is 2.95 bits per heavy atom. The van der Waals surface area contributed by atoms with Crippen LogP contribution in [-0.4, -0.2) is 30.6 Å². The summed E-state index contributed by atoms with van der Waals surface area (Å²) in [6.07, 6.45) is 1.20. The summed E-state index contributed by atoms with van der Waals surface area (Å²) < 4.78 is 4.71. The Morgan fingerprint density at radius 2 is 2.30 bits per heavy atom. The lowest BCUT2D eigenvalue weighted by molar-refractivity contribution is -0.120. The first kappa shape index (κ1) is 13.1. The minimum absolute atomic E-state index is 0.0170. The van der Waals surface area contributed by atoms with E-state index in [2.05, 4.69) is 5.32 Å². The number of ether oxygens (including phenoxy) is 1. The average molecular weight is 275 g/mol. The van der Waals surface area contributed by atoms with E-state index in [0.717, 1.165) is 24.0 Å². The van der Waals surface area contributed by atoms with E-state index in [0.29, 0.717) is 18.5 Å². The number of methoxy groups -OCH3 is 1. The van der Waals surface area contributed by atoms with Crippen molar-refractivity contribution in [2.75, 3.05) is 13.7 Å². The van der Waals surface area contributed by atoms with Gasteiger partial charge in [-0.1, -0.05) is 6.07 Å². The molecule has 2 N–H and O–H groups in total. The molecular weight excluding hydrogens is 258 g/mol. The number of amides is 1. The van der Waals surface area contributed by atoms with E-state index in [1.807, 2.05) is 6.07 Å². The van der Waals surface area contributed by atoms with Gasteiger partial charge in [0.25, 0.3) is 0 Å². The zero-order chi connectivity index (χ0) is 14.3. The lowest BCUT2D eigenvalue weighted by Gasteiger charge is -2.38. The molecule has 2 atom stereocenters. The third-order valence-electron chi connectivity index (χ3n) is 4.48. The molecule has 1 aromatic rings. The van der Waals surface area contributed by atoms with Crippen LogP contribution in [-0.2, 0) is 16.0 Å². The van der Waals surface area contributed by atoms with E-state index in [1.165, 1.54) is 7.11 Å². The normalized spacial score (nSPS) is 28.1. The summed E-state index contributed by atoms with van der Waals surface area (Å²) in [7, 11) is 1.33. The minimum Gasteiger partial charge on any atom is -0.465 e. The fourth-order valence-corrected chi connectivity index (χ4v) is 3.26. The van der Waals surface area contributed by atoms with Gasteiger partial charge >= 0.3 is 5.97 Å². The van der Waals surface area contributed by atoms with Gasteiger partial charge in [-0.3, -0.25) is 4.79 Å². The second-order valence-corrected chi connectivity index (χ2v) is 5.62. The van der Waals surface area contributed by atoms with Crippen LogP contribution in [0.3, 0.4) is 0 Å². The lowest BCUT2D eigenvalue weighted by atomic mass is 9.68. The summed E-state index contributed by atoms with van der Waals surface area (Å²) in [6, 6.07) is 5.27. The van der Waals surface area contributed by atoms with Gasteiger partial charge in [0.15, 0.2) is 0 Å². The van der Waals surface area contributed by atoms with E-state index < -0.39 is 17.5 Å². The van der Waals surface area contributed by atoms with Gasteiger partial charge in [-0.25, -0.2) is 4.79 Å². The number of rotatable bonds is 1. The Bertz CT molecular complexity index is 583. The molecule has 1 fully saturated rings. The molecule has 2 aliphatic rings. The molecule has 0 bridgehead atoms. The number of nitrogens with one attached hydrogen (secondary N) is 1. The van der Waals surface area contributed by atoms with Crippen molar-refractivity contribution < 1.29 is 19.4 Å². The van der Waals surface area contributed by atoms with Gasteiger partial charge in [0.2, 0.25) is 5.91 Å². The predicted octanol–water partition coefficient (Wildman–Crippen LogP) is 0.959. The van der Waals surface area contributed by atoms with Gasteiger partial charge in [0.1, 0.15) is 0 Å². The summed E-state index contributed by atoms with van der Waals surface area (Å²) in [4.78, 5) is 23.1. The first-order valence-electron chi connectivity index (χ1n) is 6.72. The highest BCUT2D eigenvalue weighted by atomic mass is 16.5. The number of hydrogen-bond donors (Lipinski definition) is 2. The predicted molar refractivity (Wildman–Crippen MR) is 71.1 cm³/mol. The van der Waals surface area contributed by atoms with Gasteiger partial charge in [-0.15, -0.1) is 0 Å². The fourth-order valence-electron chi connectivity index (χ4n) is 3.26. The molecule has 1 aromatic carbocycles. The molecule has 20 heavy (non-hydrogen) atoms. The molecule has 1 aliphatic carbocycles. The molecule has 1 saturated heterocycles. The number of benzene rings is 1. The highest BCUT2D eigenvalue weighted by Crippen LogP contribution is 2.48. The summed E-state index contributed by atoms with van der Waals surface area (Å²) in [5.41, 5.74) is 1.78. The molecule has 1 heterocycles. The van der Waals surface area contributed by atoms with Gasteiger partial charge in [0, 0.05) is 18.4 Å². The van der Waals surface area contributed by atoms with Crippen LogP contribution in [0.1, 0.15) is 40.4 Å². The lowest BCUT2D eigenvalue weighted by Crippen LogP contribution is -2.36. The van der Waals surface area contributed by atoms with Gasteiger partial charge in [-0.2, -0.15) is 0 Å². The first-order valence-corrected chi connectivity index (χ1v) is 6.72. The van der Waals surface area contributed by atoms with Crippen LogP contribution in [0, 0.1) is 5.41 Å². The van der Waals surface area contributed by atoms with E-state index in [-0.39, 0.29) is 5.91 Å². The van der Waals surface area contributed by atoms with Crippen LogP contribution in [0.2, 0.25) is 0 Å². The molecule has 3 rings (SSSR count). The topological polar surface area (TPSA) is 75.6 Å². The molecule has 5 heteroatoms. The van der Waals surface area contributed by atoms with Crippen molar-refractivity contribution in [2.24, 2.45) is 5.41 Å². The Balaban J connectivity index is 1.99. The molecule has 0 aromatic heterocycles. The number of carbonyl (C=O) groups is 2. The van der Waals surface area contributed by atoms with E-state index >= 15 is 0 Å². The van der Waals surface area contributed by atoms with Gasteiger partial charge < -0.3 is 15.2 Å². The molecule has 1 spiro atoms. The van der Waals surface area contributed by atoms with Crippen LogP contribution in [0.5, 0.6) is 0 Å². The zero-order valence-electron chi connectivity index (χ0n) is 11.3. The van der Waals surface area contributed by atoms with Crippen molar-refractivity contribution in [1.82, 2.24) is 5.32 Å². The molecular formula is C15H17NO4. The second kappa shape index (κ2) is 4.59. The largest absolute Gasteiger partial charge is 0.465 e. The summed E-state index contributed by atoms with van der Waals surface area (Å²) >= 11 is 0. The molecule has 0 saturated carbocycles. The molecule has 1 aliphatic heterocycles. The molecule has 0 radical (unpaired) electrons. The van der Waals surface area contributed by atoms with Crippen LogP contribution in [0.4, 0.5) is 0 Å². The van der Waals surface area contributed by atoms with Crippen molar-refractivity contribution >= 4 is 11.9 Å². The quantitative estimate of drug-likeness (QED) is 0.749. The van der Waals surface area contributed by atoms with Crippen molar-refractivity contribution in [3.8, 4) is 0 Å². The van der Waals surface area contributed by atoms with E-state index in [9.17, 15) is 14.7 Å². The Hall–Kier alpha value is -1.88. The Kier molecular flexibility index (Phi) is 3.01. The van der Waals surface area contributed by atoms with E-state index in [1.54, 1.807) is 12.1 Å². The maximum absolute atomic E-state index is 11.6. The number of esters is 1. The summed E-state index contributed by atoms with van der Waals surface area (Å²) in [5, 5.41) is 13.5. The number of aliphatic hydroxyl groups excluding tert-OH is 1. The van der Waals surface area contributed by atoms with Crippen molar-refractivity contribution in [3.63, 3.8) is 0 Å². The third kappa shape index (κ3) is 1.89. The van der Waals surface area contributed by atoms with Gasteiger partial charge in [-0.05, 0) is 36.1 Å². The van der Waals surface area contributed by atoms with Crippen LogP contribution in [0.25, 0.3) is 0 Å². The van der Waals surface area contributed by atoms with Crippen LogP contribution < -0.4 is 5.32 Å². The first-order chi connectivity index (χ1) is 9.55. The van der Waals surface area contributed by atoms with Crippen molar-refractivity contribution in [2.45, 2.75) is 25.4 Å². The number of fused-ring (bicyclic) bond motifs is 1. The maximum atomic E-state index is 11.6. The SMILES string of the molecule is COC(=O)c1ccc2c(c1)C(O)C1(CC2)CNC(=O)C1. The smallest absolute Gasteiger partial charge is 0.337 e. The molecule has 5 nitrogen and oxygen atoms in total. The van der Waals surface area contributed by atoms with Gasteiger partial charge in [0.05, 0.1) is 18.8 Å². The Morgan fingerprint density at radius 1 is 1.50 bits per heavy atom. The van der Waals surface area contributed by atoms with Crippen LogP contribution in [0.15, 0.2) is 18.2 Å². The summed E-state index contributed by atoms with van der Waals surface area (Å²) in [5.74, 6) is -0.433. The highest BCUT2D eigenvalue weighted by molar-refractivity contribution is 5.89. The highest BCUT2D eigenvalue weighted by Gasteiger charge is 2.47. The maximum Gasteiger partial charge on any atom is 0.337 e. The van der Waals surface area contributed by atoms with Crippen molar-refractivity contribution in [1.29, 1.82) is 0 Å². The molecule has 2 unspecified atom stereocenters. The third-order valence-corrected chi connectivity index (χ3v) is 4.48. The summed E-state index contributed by atoms with van der Waals surface area (Å²) in [6.45, 7) is 0.495. The van der Waals surface area contributed by atoms with Crippen molar-refractivity contribution in [3.05, 3.63) is 34.9 Å². The second-order valence-electron chi connectivity index (χ2n) is 5.62. The number of carbonyl (C=O) groups excluding carboxylic acids is 2. The minimum atomic E-state index is -0.727. The molecule has 106 valence electrons. The number of hydrogen-bond acceptors (Lipinski definition) is 4. The standard InChI is InChI=1S/C15H17NO4/c1-20-14(19)10-3-2-9-4-5-15(7-12(17)16-8-15)13(18)11(9)6-10/h2-3,6,13,18H,4-5,7-8H2,1H3,(H,16,17). The van der Waals surface area contributed by atoms with E-state index in [4.69, 9.17) is 4.74 Å². The monoisotopic (exact) mass is 275 g/mol. The number of aryl methyl sites for hydroxylation is 1.